The fourth-order valence-electron chi connectivity index (χ4n) is 2.77. The second-order valence-corrected chi connectivity index (χ2v) is 5.78. The van der Waals surface area contributed by atoms with E-state index in [0.717, 1.165) is 63.0 Å². The molecular weight excluding hydrogens is 292 g/mol. The summed E-state index contributed by atoms with van der Waals surface area (Å²) in [7, 11) is 1.70. The number of ether oxygens (including phenoxy) is 1. The Kier molecular flexibility index (Phi) is 7.86. The van der Waals surface area contributed by atoms with E-state index < -0.39 is 0 Å². The molecule has 0 unspecified atom stereocenters. The van der Waals surface area contributed by atoms with Crippen LogP contribution in [0, 0.1) is 0 Å². The van der Waals surface area contributed by atoms with Crippen molar-refractivity contribution >= 4 is 5.96 Å². The number of aliphatic imine (C=N–C) groups is 1. The van der Waals surface area contributed by atoms with Gasteiger partial charge < -0.3 is 19.9 Å². The van der Waals surface area contributed by atoms with Crippen molar-refractivity contribution in [2.75, 3.05) is 33.4 Å². The van der Waals surface area contributed by atoms with E-state index in [0.29, 0.717) is 6.61 Å². The first kappa shape index (κ1) is 17.7. The molecule has 0 fully saturated rings. The molecule has 1 aliphatic rings. The number of nitrogens with one attached hydrogen (secondary N) is 2. The average molecular weight is 322 g/mol. The highest BCUT2D eigenvalue weighted by atomic mass is 16.5. The standard InChI is InChI=1S/C16H30N6O/c1-3-17-16(19-11-13-23-2)18-10-7-9-15-21-20-14-8-5-4-6-12-22(14)15/h3-13H2,1-2H3,(H2,17,18,19). The van der Waals surface area contributed by atoms with Gasteiger partial charge in [-0.1, -0.05) is 6.42 Å². The van der Waals surface area contributed by atoms with Gasteiger partial charge in [0, 0.05) is 46.1 Å². The van der Waals surface area contributed by atoms with E-state index in [1.807, 2.05) is 0 Å². The number of hydrogen-bond donors (Lipinski definition) is 2. The normalized spacial score (nSPS) is 15.1. The molecule has 1 aromatic rings. The summed E-state index contributed by atoms with van der Waals surface area (Å²) in [4.78, 5) is 4.60. The highest BCUT2D eigenvalue weighted by Crippen LogP contribution is 2.15. The molecule has 0 bridgehead atoms. The molecule has 7 heteroatoms. The lowest BCUT2D eigenvalue weighted by Gasteiger charge is -2.10. The predicted octanol–water partition coefficient (Wildman–Crippen LogP) is 1.14. The Labute approximate surface area is 138 Å². The Morgan fingerprint density at radius 1 is 1.26 bits per heavy atom. The van der Waals surface area contributed by atoms with Crippen LogP contribution in [0.5, 0.6) is 0 Å². The second kappa shape index (κ2) is 10.2. The Balaban J connectivity index is 1.79. The van der Waals surface area contributed by atoms with Gasteiger partial charge in [-0.05, 0) is 26.2 Å². The molecule has 1 aliphatic heterocycles. The van der Waals surface area contributed by atoms with Crippen LogP contribution in [0.25, 0.3) is 0 Å². The molecule has 0 saturated carbocycles. The van der Waals surface area contributed by atoms with Crippen molar-refractivity contribution in [3.8, 4) is 0 Å². The van der Waals surface area contributed by atoms with Gasteiger partial charge >= 0.3 is 0 Å². The maximum absolute atomic E-state index is 5.04. The van der Waals surface area contributed by atoms with Crippen molar-refractivity contribution < 1.29 is 4.74 Å². The van der Waals surface area contributed by atoms with Crippen molar-refractivity contribution in [1.29, 1.82) is 0 Å². The van der Waals surface area contributed by atoms with E-state index in [9.17, 15) is 0 Å². The van der Waals surface area contributed by atoms with Crippen molar-refractivity contribution in [1.82, 2.24) is 25.4 Å². The van der Waals surface area contributed by atoms with E-state index in [4.69, 9.17) is 4.74 Å². The van der Waals surface area contributed by atoms with Crippen LogP contribution in [0.3, 0.4) is 0 Å². The molecule has 7 nitrogen and oxygen atoms in total. The number of fused-ring (bicyclic) bond motifs is 1. The van der Waals surface area contributed by atoms with Crippen LogP contribution < -0.4 is 10.6 Å². The van der Waals surface area contributed by atoms with E-state index >= 15 is 0 Å². The molecule has 2 rings (SSSR count). The summed E-state index contributed by atoms with van der Waals surface area (Å²) < 4.78 is 7.36. The van der Waals surface area contributed by atoms with E-state index in [1.165, 1.54) is 19.3 Å². The Morgan fingerprint density at radius 3 is 3.00 bits per heavy atom. The van der Waals surface area contributed by atoms with Crippen molar-refractivity contribution in [2.45, 2.75) is 52.0 Å². The minimum absolute atomic E-state index is 0.677. The number of nitrogens with zero attached hydrogens (tertiary/aromatic N) is 4. The first-order chi connectivity index (χ1) is 11.3. The minimum Gasteiger partial charge on any atom is -0.383 e. The summed E-state index contributed by atoms with van der Waals surface area (Å²) in [6.07, 6.45) is 6.77. The zero-order valence-corrected chi connectivity index (χ0v) is 14.5. The Bertz CT molecular complexity index is 485. The molecule has 2 N–H and O–H groups in total. The van der Waals surface area contributed by atoms with Gasteiger partial charge in [0.05, 0.1) is 6.61 Å². The lowest BCUT2D eigenvalue weighted by Crippen LogP contribution is -2.39. The van der Waals surface area contributed by atoms with Gasteiger partial charge in [0.1, 0.15) is 11.6 Å². The van der Waals surface area contributed by atoms with Gasteiger partial charge in [-0.15, -0.1) is 10.2 Å². The summed E-state index contributed by atoms with van der Waals surface area (Å²) >= 11 is 0. The molecule has 0 amide bonds. The monoisotopic (exact) mass is 322 g/mol. The topological polar surface area (TPSA) is 76.4 Å². The Morgan fingerprint density at radius 2 is 2.17 bits per heavy atom. The smallest absolute Gasteiger partial charge is 0.191 e. The number of aromatic nitrogens is 3. The van der Waals surface area contributed by atoms with Crippen LogP contribution in [-0.2, 0) is 24.1 Å². The van der Waals surface area contributed by atoms with E-state index in [2.05, 4.69) is 37.3 Å². The van der Waals surface area contributed by atoms with Crippen LogP contribution >= 0.6 is 0 Å². The highest BCUT2D eigenvalue weighted by Gasteiger charge is 2.13. The first-order valence-corrected chi connectivity index (χ1v) is 8.77. The van der Waals surface area contributed by atoms with Crippen molar-refractivity contribution in [3.05, 3.63) is 11.6 Å². The van der Waals surface area contributed by atoms with Gasteiger partial charge in [0.25, 0.3) is 0 Å². The van der Waals surface area contributed by atoms with Gasteiger partial charge in [-0.25, -0.2) is 0 Å². The lowest BCUT2D eigenvalue weighted by atomic mass is 10.2. The van der Waals surface area contributed by atoms with Gasteiger partial charge in [0.2, 0.25) is 0 Å². The summed E-state index contributed by atoms with van der Waals surface area (Å²) in [5.74, 6) is 3.13. The van der Waals surface area contributed by atoms with Crippen LogP contribution in [0.2, 0.25) is 0 Å². The largest absolute Gasteiger partial charge is 0.383 e. The van der Waals surface area contributed by atoms with Gasteiger partial charge in [0.15, 0.2) is 5.96 Å². The number of methoxy groups -OCH3 is 1. The Hall–Kier alpha value is -1.63. The number of hydrogen-bond acceptors (Lipinski definition) is 4. The zero-order chi connectivity index (χ0) is 16.3. The summed E-state index contributed by atoms with van der Waals surface area (Å²) in [5, 5.41) is 15.2. The van der Waals surface area contributed by atoms with Crippen LogP contribution in [0.4, 0.5) is 0 Å². The molecule has 0 saturated heterocycles. The van der Waals surface area contributed by atoms with Gasteiger partial charge in [-0.2, -0.15) is 0 Å². The molecule has 0 atom stereocenters. The molecule has 1 aromatic heterocycles. The van der Waals surface area contributed by atoms with Crippen LogP contribution in [0.15, 0.2) is 4.99 Å². The third-order valence-electron chi connectivity index (χ3n) is 3.96. The summed E-state index contributed by atoms with van der Waals surface area (Å²) in [6, 6.07) is 0. The van der Waals surface area contributed by atoms with Crippen molar-refractivity contribution in [2.24, 2.45) is 4.99 Å². The molecule has 0 aromatic carbocycles. The SMILES string of the molecule is CCNC(=NCCCc1nnc2n1CCCCC2)NCCOC. The van der Waals surface area contributed by atoms with Crippen molar-refractivity contribution in [3.63, 3.8) is 0 Å². The van der Waals surface area contributed by atoms with E-state index in [1.54, 1.807) is 7.11 Å². The predicted molar refractivity (Wildman–Crippen MR) is 91.8 cm³/mol. The quantitative estimate of drug-likeness (QED) is 0.426. The maximum atomic E-state index is 5.04. The molecule has 0 aliphatic carbocycles. The van der Waals surface area contributed by atoms with Crippen LogP contribution in [0.1, 0.15) is 44.3 Å². The fraction of sp³-hybridized carbons (Fsp3) is 0.812. The number of rotatable bonds is 8. The van der Waals surface area contributed by atoms with Crippen LogP contribution in [-0.4, -0.2) is 54.1 Å². The molecule has 2 heterocycles. The third-order valence-corrected chi connectivity index (χ3v) is 3.96. The third kappa shape index (κ3) is 5.82. The lowest BCUT2D eigenvalue weighted by molar-refractivity contribution is 0.203. The fourth-order valence-corrected chi connectivity index (χ4v) is 2.77. The zero-order valence-electron chi connectivity index (χ0n) is 14.5. The molecule has 0 radical (unpaired) electrons. The number of aryl methyl sites for hydroxylation is 2. The minimum atomic E-state index is 0.677. The number of guanidine groups is 1. The van der Waals surface area contributed by atoms with Gasteiger partial charge in [-0.3, -0.25) is 4.99 Å². The summed E-state index contributed by atoms with van der Waals surface area (Å²) in [6.45, 7) is 6.22. The average Bonchev–Trinajstić information content (AvgIpc) is 2.79. The molecule has 0 spiro atoms. The molecule has 23 heavy (non-hydrogen) atoms. The molecular formula is C16H30N6O. The van der Waals surface area contributed by atoms with E-state index in [-0.39, 0.29) is 0 Å². The second-order valence-electron chi connectivity index (χ2n) is 5.78. The highest BCUT2D eigenvalue weighted by molar-refractivity contribution is 5.79. The first-order valence-electron chi connectivity index (χ1n) is 8.77. The summed E-state index contributed by atoms with van der Waals surface area (Å²) in [5.41, 5.74) is 0. The maximum Gasteiger partial charge on any atom is 0.191 e. The molecule has 130 valence electrons.